The van der Waals surface area contributed by atoms with Crippen LogP contribution in [0, 0.1) is 5.82 Å². The first-order chi connectivity index (χ1) is 8.16. The molecule has 0 aromatic carbocycles. The van der Waals surface area contributed by atoms with Crippen LogP contribution < -0.4 is 5.32 Å². The van der Waals surface area contributed by atoms with Crippen LogP contribution in [0.4, 0.5) is 10.1 Å². The van der Waals surface area contributed by atoms with E-state index in [-0.39, 0.29) is 5.69 Å². The van der Waals surface area contributed by atoms with Crippen molar-refractivity contribution in [1.82, 2.24) is 9.97 Å². The third-order valence-electron chi connectivity index (χ3n) is 1.98. The Morgan fingerprint density at radius 2 is 2.12 bits per heavy atom. The first-order valence-corrected chi connectivity index (χ1v) is 5.48. The minimum Gasteiger partial charge on any atom is -0.319 e. The topological polar surface area (TPSA) is 54.9 Å². The zero-order valence-electron chi connectivity index (χ0n) is 8.52. The Kier molecular flexibility index (Phi) is 3.43. The van der Waals surface area contributed by atoms with Crippen molar-refractivity contribution in [3.05, 3.63) is 52.8 Å². The molecule has 2 heterocycles. The second-order valence-corrected chi connectivity index (χ2v) is 4.03. The Bertz CT molecular complexity index is 545. The van der Waals surface area contributed by atoms with E-state index in [2.05, 4.69) is 31.2 Å². The summed E-state index contributed by atoms with van der Waals surface area (Å²) in [5.74, 6) is -0.886. The molecule has 2 rings (SSSR count). The molecule has 2 aromatic rings. The van der Waals surface area contributed by atoms with E-state index < -0.39 is 11.7 Å². The number of hydrogen-bond donors (Lipinski definition) is 1. The summed E-state index contributed by atoms with van der Waals surface area (Å²) in [4.78, 5) is 19.3. The van der Waals surface area contributed by atoms with E-state index in [0.29, 0.717) is 10.2 Å². The predicted molar refractivity (Wildman–Crippen MR) is 64.1 cm³/mol. The van der Waals surface area contributed by atoms with Crippen LogP contribution in [0.5, 0.6) is 0 Å². The second-order valence-electron chi connectivity index (χ2n) is 3.17. The number of halogens is 2. The largest absolute Gasteiger partial charge is 0.319 e. The molecule has 0 bridgehead atoms. The van der Waals surface area contributed by atoms with Crippen molar-refractivity contribution in [3.63, 3.8) is 0 Å². The highest BCUT2D eigenvalue weighted by atomic mass is 79.9. The molecule has 0 spiro atoms. The fourth-order valence-corrected chi connectivity index (χ4v) is 1.52. The van der Waals surface area contributed by atoms with Crippen LogP contribution in [0.3, 0.4) is 0 Å². The molecule has 17 heavy (non-hydrogen) atoms. The number of carbonyl (C=O) groups excluding carboxylic acids is 1. The van der Waals surface area contributed by atoms with Gasteiger partial charge in [-0.3, -0.25) is 9.78 Å². The second kappa shape index (κ2) is 5.01. The highest BCUT2D eigenvalue weighted by Crippen LogP contribution is 2.20. The summed E-state index contributed by atoms with van der Waals surface area (Å²) in [7, 11) is 0. The zero-order valence-corrected chi connectivity index (χ0v) is 10.1. The smallest absolute Gasteiger partial charge is 0.274 e. The molecule has 2 aromatic heterocycles. The van der Waals surface area contributed by atoms with E-state index in [1.54, 1.807) is 18.5 Å². The molecule has 0 fully saturated rings. The average Bonchev–Trinajstić information content (AvgIpc) is 2.33. The van der Waals surface area contributed by atoms with Crippen LogP contribution >= 0.6 is 15.9 Å². The summed E-state index contributed by atoms with van der Waals surface area (Å²) in [6.45, 7) is 0. The van der Waals surface area contributed by atoms with Gasteiger partial charge in [-0.25, -0.2) is 9.37 Å². The quantitative estimate of drug-likeness (QED) is 0.927. The van der Waals surface area contributed by atoms with E-state index in [1.165, 1.54) is 12.1 Å². The predicted octanol–water partition coefficient (Wildman–Crippen LogP) is 2.63. The number of hydrogen-bond acceptors (Lipinski definition) is 3. The number of pyridine rings is 2. The molecule has 0 atom stereocenters. The summed E-state index contributed by atoms with van der Waals surface area (Å²) >= 11 is 3.25. The van der Waals surface area contributed by atoms with Crippen LogP contribution in [0.1, 0.15) is 10.5 Å². The number of rotatable bonds is 2. The third kappa shape index (κ3) is 2.85. The first-order valence-electron chi connectivity index (χ1n) is 4.69. The lowest BCUT2D eigenvalue weighted by atomic mass is 10.3. The molecule has 1 amide bonds. The van der Waals surface area contributed by atoms with Crippen molar-refractivity contribution >= 4 is 27.5 Å². The van der Waals surface area contributed by atoms with Crippen molar-refractivity contribution in [3.8, 4) is 0 Å². The Hall–Kier alpha value is -1.82. The Balaban J connectivity index is 2.17. The molecular weight excluding hydrogens is 289 g/mol. The summed E-state index contributed by atoms with van der Waals surface area (Å²) in [5.41, 5.74) is 0.728. The van der Waals surface area contributed by atoms with E-state index >= 15 is 0 Å². The maximum absolute atomic E-state index is 12.6. The van der Waals surface area contributed by atoms with Gasteiger partial charge in [0.05, 0.1) is 16.4 Å². The van der Waals surface area contributed by atoms with Gasteiger partial charge in [-0.15, -0.1) is 0 Å². The zero-order chi connectivity index (χ0) is 12.3. The molecule has 0 saturated carbocycles. The molecule has 0 radical (unpaired) electrons. The lowest BCUT2D eigenvalue weighted by Crippen LogP contribution is -2.14. The van der Waals surface area contributed by atoms with Crippen LogP contribution in [0.25, 0.3) is 0 Å². The Morgan fingerprint density at radius 3 is 2.76 bits per heavy atom. The van der Waals surface area contributed by atoms with E-state index in [9.17, 15) is 9.18 Å². The van der Waals surface area contributed by atoms with E-state index in [1.807, 2.05) is 0 Å². The summed E-state index contributed by atoms with van der Waals surface area (Å²) in [5, 5.41) is 2.64. The fraction of sp³-hybridized carbons (Fsp3) is 0. The minimum absolute atomic E-state index is 0.148. The van der Waals surface area contributed by atoms with Crippen molar-refractivity contribution in [2.45, 2.75) is 0 Å². The third-order valence-corrected chi connectivity index (χ3v) is 2.61. The number of anilines is 1. The molecule has 0 saturated heterocycles. The van der Waals surface area contributed by atoms with Crippen LogP contribution in [-0.2, 0) is 0 Å². The van der Waals surface area contributed by atoms with E-state index in [0.717, 1.165) is 6.20 Å². The number of aromatic nitrogens is 2. The fourth-order valence-electron chi connectivity index (χ4n) is 1.17. The molecule has 4 nitrogen and oxygen atoms in total. The highest BCUT2D eigenvalue weighted by molar-refractivity contribution is 9.10. The SMILES string of the molecule is O=C(Nc1ccncc1Br)c1ccc(F)cn1. The van der Waals surface area contributed by atoms with Crippen molar-refractivity contribution in [2.24, 2.45) is 0 Å². The maximum atomic E-state index is 12.6. The monoisotopic (exact) mass is 295 g/mol. The van der Waals surface area contributed by atoms with Gasteiger partial charge in [0.25, 0.3) is 5.91 Å². The average molecular weight is 296 g/mol. The highest BCUT2D eigenvalue weighted by Gasteiger charge is 2.09. The van der Waals surface area contributed by atoms with Gasteiger partial charge in [-0.2, -0.15) is 0 Å². The molecule has 0 aliphatic rings. The lowest BCUT2D eigenvalue weighted by Gasteiger charge is -2.05. The number of amides is 1. The standard InChI is InChI=1S/C11H7BrFN3O/c12-8-6-14-4-3-9(8)16-11(17)10-2-1-7(13)5-15-10/h1-6H,(H,14,16,17). The molecule has 86 valence electrons. The van der Waals surface area contributed by atoms with Crippen molar-refractivity contribution < 1.29 is 9.18 Å². The Labute approximate surface area is 105 Å². The van der Waals surface area contributed by atoms with Crippen LogP contribution in [-0.4, -0.2) is 15.9 Å². The van der Waals surface area contributed by atoms with E-state index in [4.69, 9.17) is 0 Å². The normalized spacial score (nSPS) is 10.0. The number of carbonyl (C=O) groups is 1. The van der Waals surface area contributed by atoms with Gasteiger partial charge in [0.2, 0.25) is 0 Å². The lowest BCUT2D eigenvalue weighted by molar-refractivity contribution is 0.102. The summed E-state index contributed by atoms with van der Waals surface area (Å²) in [6.07, 6.45) is 4.11. The van der Waals surface area contributed by atoms with Gasteiger partial charge < -0.3 is 5.32 Å². The molecule has 0 unspecified atom stereocenters. The first kappa shape index (κ1) is 11.7. The van der Waals surface area contributed by atoms with Gasteiger partial charge in [0, 0.05) is 12.4 Å². The molecular formula is C11H7BrFN3O. The summed E-state index contributed by atoms with van der Waals surface area (Å²) in [6, 6.07) is 4.15. The Morgan fingerprint density at radius 1 is 1.29 bits per heavy atom. The van der Waals surface area contributed by atoms with Crippen molar-refractivity contribution in [2.75, 3.05) is 5.32 Å². The number of nitrogens with zero attached hydrogens (tertiary/aromatic N) is 2. The minimum atomic E-state index is -0.480. The maximum Gasteiger partial charge on any atom is 0.274 e. The van der Waals surface area contributed by atoms with Gasteiger partial charge in [0.15, 0.2) is 0 Å². The van der Waals surface area contributed by atoms with Gasteiger partial charge >= 0.3 is 0 Å². The molecule has 0 aliphatic carbocycles. The van der Waals surface area contributed by atoms with Crippen LogP contribution in [0.2, 0.25) is 0 Å². The van der Waals surface area contributed by atoms with Crippen LogP contribution in [0.15, 0.2) is 41.3 Å². The van der Waals surface area contributed by atoms with Gasteiger partial charge in [0.1, 0.15) is 11.5 Å². The van der Waals surface area contributed by atoms with Gasteiger partial charge in [-0.1, -0.05) is 0 Å². The van der Waals surface area contributed by atoms with Crippen molar-refractivity contribution in [1.29, 1.82) is 0 Å². The van der Waals surface area contributed by atoms with Gasteiger partial charge in [-0.05, 0) is 34.1 Å². The molecule has 6 heteroatoms. The molecule has 0 aliphatic heterocycles. The number of nitrogens with one attached hydrogen (secondary N) is 1. The molecule has 1 N–H and O–H groups in total. The summed E-state index contributed by atoms with van der Waals surface area (Å²) < 4.78 is 13.3.